The minimum absolute atomic E-state index is 0.0116. The van der Waals surface area contributed by atoms with Crippen molar-refractivity contribution in [3.63, 3.8) is 0 Å². The molecule has 212 valence electrons. The molecule has 9 heteroatoms. The topological polar surface area (TPSA) is 98.6 Å². The minimum atomic E-state index is -0.0892. The average molecular weight is 546 g/mol. The number of benzene rings is 2. The predicted octanol–water partition coefficient (Wildman–Crippen LogP) is 4.51. The molecule has 0 saturated carbocycles. The highest BCUT2D eigenvalue weighted by Gasteiger charge is 2.37. The highest BCUT2D eigenvalue weighted by molar-refractivity contribution is 5.93. The van der Waals surface area contributed by atoms with Crippen molar-refractivity contribution in [2.24, 2.45) is 5.41 Å². The second kappa shape index (κ2) is 12.5. The third kappa shape index (κ3) is 6.29. The molecule has 0 bridgehead atoms. The molecule has 40 heavy (non-hydrogen) atoms. The van der Waals surface area contributed by atoms with Crippen molar-refractivity contribution < 1.29 is 19.1 Å². The number of methoxy groups -OCH3 is 1. The fraction of sp³-hybridized carbons (Fsp3) is 0.484. The van der Waals surface area contributed by atoms with Gasteiger partial charge in [0, 0.05) is 26.1 Å². The summed E-state index contributed by atoms with van der Waals surface area (Å²) in [6.45, 7) is 4.34. The number of hydrogen-bond acceptors (Lipinski definition) is 6. The van der Waals surface area contributed by atoms with Crippen LogP contribution >= 0.6 is 0 Å². The van der Waals surface area contributed by atoms with Crippen molar-refractivity contribution >= 4 is 11.8 Å². The lowest BCUT2D eigenvalue weighted by Crippen LogP contribution is -2.48. The molecule has 2 aliphatic heterocycles. The number of rotatable bonds is 3. The van der Waals surface area contributed by atoms with Crippen LogP contribution in [0.25, 0.3) is 5.69 Å². The van der Waals surface area contributed by atoms with E-state index >= 15 is 0 Å². The second-order valence-electron chi connectivity index (χ2n) is 11.0. The van der Waals surface area contributed by atoms with Crippen molar-refractivity contribution in [1.82, 2.24) is 25.2 Å². The largest absolute Gasteiger partial charge is 0.497 e. The van der Waals surface area contributed by atoms with Crippen LogP contribution in [-0.4, -0.2) is 65.1 Å². The summed E-state index contributed by atoms with van der Waals surface area (Å²) in [7, 11) is 1.63. The summed E-state index contributed by atoms with van der Waals surface area (Å²) in [5.41, 5.74) is 3.14. The van der Waals surface area contributed by atoms with Crippen molar-refractivity contribution in [3.05, 3.63) is 65.5 Å². The van der Waals surface area contributed by atoms with Crippen LogP contribution in [0.2, 0.25) is 0 Å². The number of aromatic nitrogens is 3. The molecule has 0 radical (unpaired) electrons. The zero-order chi connectivity index (χ0) is 28.0. The fourth-order valence-corrected chi connectivity index (χ4v) is 5.80. The van der Waals surface area contributed by atoms with E-state index in [0.717, 1.165) is 55.7 Å². The highest BCUT2D eigenvalue weighted by Crippen LogP contribution is 2.37. The molecule has 2 aromatic carbocycles. The number of carbonyl (C=O) groups is 2. The number of carbonyl (C=O) groups excluding carboxylic acids is 2. The summed E-state index contributed by atoms with van der Waals surface area (Å²) in [4.78, 5) is 28.0. The first-order valence-corrected chi connectivity index (χ1v) is 14.3. The number of nitrogens with zero attached hydrogens (tertiary/aromatic N) is 4. The lowest BCUT2D eigenvalue weighted by atomic mass is 9.74. The Balaban J connectivity index is 1.24. The van der Waals surface area contributed by atoms with Gasteiger partial charge in [-0.1, -0.05) is 29.8 Å². The first kappa shape index (κ1) is 27.7. The molecule has 0 atom stereocenters. The molecule has 0 unspecified atom stereocenters. The quantitative estimate of drug-likeness (QED) is 0.520. The molecule has 3 heterocycles. The number of likely N-dealkylation sites (tertiary alicyclic amines) is 1. The van der Waals surface area contributed by atoms with E-state index in [1.165, 1.54) is 5.56 Å². The molecular weight excluding hydrogens is 506 g/mol. The van der Waals surface area contributed by atoms with Gasteiger partial charge in [-0.3, -0.25) is 9.59 Å². The molecule has 1 fully saturated rings. The number of amides is 2. The lowest BCUT2D eigenvalue weighted by Gasteiger charge is -2.42. The van der Waals surface area contributed by atoms with Gasteiger partial charge < -0.3 is 19.7 Å². The molecule has 2 amide bonds. The Morgan fingerprint density at radius 2 is 1.77 bits per heavy atom. The minimum Gasteiger partial charge on any atom is -0.497 e. The normalized spacial score (nSPS) is 18.2. The Labute approximate surface area is 235 Å². The highest BCUT2D eigenvalue weighted by atomic mass is 16.5. The fourth-order valence-electron chi connectivity index (χ4n) is 5.80. The summed E-state index contributed by atoms with van der Waals surface area (Å²) in [5.74, 6) is 1.67. The van der Waals surface area contributed by atoms with E-state index in [-0.39, 0.29) is 17.2 Å². The average Bonchev–Trinajstić information content (AvgIpc) is 3.38. The molecule has 0 aliphatic carbocycles. The van der Waals surface area contributed by atoms with E-state index in [1.54, 1.807) is 11.8 Å². The number of para-hydroxylation sites is 1. The van der Waals surface area contributed by atoms with Crippen LogP contribution in [0, 0.1) is 12.3 Å². The number of fused-ring (bicyclic) bond motifs is 1. The first-order valence-electron chi connectivity index (χ1n) is 14.3. The van der Waals surface area contributed by atoms with Crippen molar-refractivity contribution in [2.75, 3.05) is 33.4 Å². The molecule has 9 nitrogen and oxygen atoms in total. The summed E-state index contributed by atoms with van der Waals surface area (Å²) >= 11 is 0. The van der Waals surface area contributed by atoms with Crippen LogP contribution in [0.1, 0.15) is 66.7 Å². The predicted molar refractivity (Wildman–Crippen MR) is 152 cm³/mol. The van der Waals surface area contributed by atoms with E-state index in [2.05, 4.69) is 27.8 Å². The Kier molecular flexibility index (Phi) is 8.67. The van der Waals surface area contributed by atoms with Crippen LogP contribution in [0.3, 0.4) is 0 Å². The SMILES string of the molecule is COc1ccc(-n2nnc(C(=O)N3CCC4(CCCCc5ccccc5OCCCC(=O)NC4)CC3)c2C)cc1. The van der Waals surface area contributed by atoms with Gasteiger partial charge in [0.25, 0.3) is 5.91 Å². The number of piperidine rings is 1. The summed E-state index contributed by atoms with van der Waals surface area (Å²) in [5, 5.41) is 11.7. The third-order valence-corrected chi connectivity index (χ3v) is 8.37. The van der Waals surface area contributed by atoms with Gasteiger partial charge in [-0.25, -0.2) is 4.68 Å². The number of ether oxygens (including phenoxy) is 2. The molecular formula is C31H39N5O4. The number of nitrogens with one attached hydrogen (secondary N) is 1. The molecule has 1 spiro atoms. The molecule has 3 aromatic rings. The Morgan fingerprint density at radius 3 is 2.55 bits per heavy atom. The third-order valence-electron chi connectivity index (χ3n) is 8.37. The second-order valence-corrected chi connectivity index (χ2v) is 11.0. The van der Waals surface area contributed by atoms with Gasteiger partial charge in [0.05, 0.1) is 25.1 Å². The van der Waals surface area contributed by atoms with E-state index in [1.807, 2.05) is 48.2 Å². The summed E-state index contributed by atoms with van der Waals surface area (Å²) in [6, 6.07) is 15.7. The summed E-state index contributed by atoms with van der Waals surface area (Å²) in [6.07, 6.45) is 6.96. The van der Waals surface area contributed by atoms with Crippen LogP contribution < -0.4 is 14.8 Å². The molecule has 2 aliphatic rings. The zero-order valence-electron chi connectivity index (χ0n) is 23.5. The van der Waals surface area contributed by atoms with Crippen molar-refractivity contribution in [2.45, 2.75) is 58.3 Å². The van der Waals surface area contributed by atoms with Crippen molar-refractivity contribution in [3.8, 4) is 17.2 Å². The summed E-state index contributed by atoms with van der Waals surface area (Å²) < 4.78 is 12.9. The maximum absolute atomic E-state index is 13.5. The molecule has 1 N–H and O–H groups in total. The number of aryl methyl sites for hydroxylation is 1. The van der Waals surface area contributed by atoms with Gasteiger partial charge in [0.2, 0.25) is 5.91 Å². The van der Waals surface area contributed by atoms with Crippen molar-refractivity contribution in [1.29, 1.82) is 0 Å². The maximum atomic E-state index is 13.5. The van der Waals surface area contributed by atoms with E-state index in [4.69, 9.17) is 9.47 Å². The zero-order valence-corrected chi connectivity index (χ0v) is 23.5. The van der Waals surface area contributed by atoms with Gasteiger partial charge in [0.15, 0.2) is 5.69 Å². The Hall–Kier alpha value is -3.88. The standard InChI is InChI=1S/C31H39N5O4/c1-23-29(33-34-36(23)25-12-14-26(39-2)15-13-25)30(38)35-19-17-31(18-20-35)16-6-5-9-24-8-3-4-10-27(24)40-21-7-11-28(37)32-22-31/h3-4,8,10,12-15H,5-7,9,11,16-22H2,1-2H3,(H,32,37). The molecule has 1 saturated heterocycles. The monoisotopic (exact) mass is 545 g/mol. The number of hydrogen-bond donors (Lipinski definition) is 1. The van der Waals surface area contributed by atoms with Gasteiger partial charge in [-0.15, -0.1) is 5.10 Å². The van der Waals surface area contributed by atoms with Gasteiger partial charge >= 0.3 is 0 Å². The lowest BCUT2D eigenvalue weighted by molar-refractivity contribution is -0.122. The van der Waals surface area contributed by atoms with Crippen LogP contribution in [0.15, 0.2) is 48.5 Å². The first-order chi connectivity index (χ1) is 19.5. The smallest absolute Gasteiger partial charge is 0.276 e. The Bertz CT molecular complexity index is 1310. The van der Waals surface area contributed by atoms with Gasteiger partial charge in [-0.05, 0) is 86.8 Å². The van der Waals surface area contributed by atoms with E-state index in [0.29, 0.717) is 50.5 Å². The van der Waals surface area contributed by atoms with Crippen LogP contribution in [-0.2, 0) is 11.2 Å². The Morgan fingerprint density at radius 1 is 1.00 bits per heavy atom. The van der Waals surface area contributed by atoms with Gasteiger partial charge in [0.1, 0.15) is 11.5 Å². The molecule has 1 aromatic heterocycles. The van der Waals surface area contributed by atoms with Crippen LogP contribution in [0.5, 0.6) is 11.5 Å². The van der Waals surface area contributed by atoms with Gasteiger partial charge in [-0.2, -0.15) is 0 Å². The molecule has 5 rings (SSSR count). The van der Waals surface area contributed by atoms with Crippen LogP contribution in [0.4, 0.5) is 0 Å². The van der Waals surface area contributed by atoms with E-state index in [9.17, 15) is 9.59 Å². The van der Waals surface area contributed by atoms with E-state index < -0.39 is 0 Å². The maximum Gasteiger partial charge on any atom is 0.276 e.